The van der Waals surface area contributed by atoms with Crippen LogP contribution in [0.5, 0.6) is 5.88 Å². The maximum absolute atomic E-state index is 12.1. The minimum absolute atomic E-state index is 0.0245. The molecule has 0 unspecified atom stereocenters. The maximum atomic E-state index is 12.1. The molecule has 0 saturated carbocycles. The van der Waals surface area contributed by atoms with Crippen LogP contribution in [0.15, 0.2) is 45.0 Å². The minimum atomic E-state index is -0.428. The average Bonchev–Trinajstić information content (AvgIpc) is 2.91. The van der Waals surface area contributed by atoms with Crippen molar-refractivity contribution in [3.63, 3.8) is 0 Å². The third kappa shape index (κ3) is 3.62. The summed E-state index contributed by atoms with van der Waals surface area (Å²) < 4.78 is 0.807. The number of carbonyl (C=O) groups is 1. The van der Waals surface area contributed by atoms with E-state index < -0.39 is 5.91 Å². The number of benzene rings is 2. The van der Waals surface area contributed by atoms with Crippen molar-refractivity contribution in [3.8, 4) is 5.88 Å². The minimum Gasteiger partial charge on any atom is -0.493 e. The zero-order valence-electron chi connectivity index (χ0n) is 14.7. The molecule has 0 bridgehead atoms. The third-order valence-electron chi connectivity index (χ3n) is 4.12. The van der Waals surface area contributed by atoms with E-state index in [1.54, 1.807) is 0 Å². The first-order chi connectivity index (χ1) is 12.4. The number of carbonyl (C=O) groups excluding carboxylic acids is 1. The fourth-order valence-corrected chi connectivity index (χ4v) is 3.28. The summed E-state index contributed by atoms with van der Waals surface area (Å²) in [5.41, 5.74) is 5.06. The number of nitrogens with one attached hydrogen (secondary N) is 2. The van der Waals surface area contributed by atoms with E-state index in [1.165, 1.54) is 0 Å². The van der Waals surface area contributed by atoms with E-state index in [-0.39, 0.29) is 18.1 Å². The predicted octanol–water partition coefficient (Wildman–Crippen LogP) is 5.28. The smallest absolute Gasteiger partial charge is 0.283 e. The van der Waals surface area contributed by atoms with Crippen LogP contribution < -0.4 is 5.32 Å². The van der Waals surface area contributed by atoms with E-state index in [2.05, 4.69) is 36.5 Å². The molecule has 0 spiro atoms. The lowest BCUT2D eigenvalue weighted by molar-refractivity contribution is -0.116. The van der Waals surface area contributed by atoms with Crippen LogP contribution in [-0.2, 0) is 4.79 Å². The van der Waals surface area contributed by atoms with Gasteiger partial charge in [-0.25, -0.2) is 0 Å². The molecule has 26 heavy (non-hydrogen) atoms. The monoisotopic (exact) mass is 414 g/mol. The molecule has 134 valence electrons. The molecule has 0 radical (unpaired) electrons. The number of halogens is 1. The van der Waals surface area contributed by atoms with Crippen molar-refractivity contribution < 1.29 is 9.90 Å². The summed E-state index contributed by atoms with van der Waals surface area (Å²) in [4.78, 5) is 14.9. The largest absolute Gasteiger partial charge is 0.493 e. The lowest BCUT2D eigenvalue weighted by Crippen LogP contribution is -2.11. The molecule has 0 aliphatic rings. The number of aryl methyl sites for hydroxylation is 3. The number of anilines is 1. The van der Waals surface area contributed by atoms with Crippen LogP contribution in [-0.4, -0.2) is 22.5 Å². The van der Waals surface area contributed by atoms with Crippen molar-refractivity contribution in [2.45, 2.75) is 20.8 Å². The van der Waals surface area contributed by atoms with Crippen LogP contribution >= 0.6 is 15.9 Å². The number of aromatic nitrogens is 1. The second kappa shape index (κ2) is 7.29. The second-order valence-corrected chi connectivity index (χ2v) is 7.00. The Morgan fingerprint density at radius 1 is 1.19 bits per heavy atom. The first-order valence-electron chi connectivity index (χ1n) is 8.12. The van der Waals surface area contributed by atoms with E-state index >= 15 is 0 Å². The Hall–Kier alpha value is -2.67. The first-order valence-corrected chi connectivity index (χ1v) is 8.91. The van der Waals surface area contributed by atoms with Gasteiger partial charge in [-0.1, -0.05) is 23.8 Å². The van der Waals surface area contributed by atoms with Crippen molar-refractivity contribution >= 4 is 44.1 Å². The van der Waals surface area contributed by atoms with Crippen molar-refractivity contribution in [2.75, 3.05) is 11.9 Å². The number of hydrogen-bond acceptors (Lipinski definition) is 4. The Balaban J connectivity index is 1.77. The summed E-state index contributed by atoms with van der Waals surface area (Å²) in [6.45, 7) is 5.96. The van der Waals surface area contributed by atoms with Crippen molar-refractivity contribution in [1.29, 1.82) is 0 Å². The SMILES string of the molecule is Cc1ccc(NCC(=O)N=Nc2c(O)[nH]c3ccc(C)c(Br)c23)c(C)c1. The normalized spacial score (nSPS) is 11.4. The molecular formula is C19H19BrN4O2. The van der Waals surface area contributed by atoms with Crippen LogP contribution in [0.2, 0.25) is 0 Å². The molecule has 3 rings (SSSR count). The molecule has 0 aliphatic carbocycles. The van der Waals surface area contributed by atoms with Crippen molar-refractivity contribution in [1.82, 2.24) is 4.98 Å². The van der Waals surface area contributed by atoms with E-state index in [0.29, 0.717) is 5.39 Å². The van der Waals surface area contributed by atoms with Gasteiger partial charge < -0.3 is 15.4 Å². The fourth-order valence-electron chi connectivity index (χ4n) is 2.74. The van der Waals surface area contributed by atoms with Crippen LogP contribution in [0.3, 0.4) is 0 Å². The number of hydrogen-bond donors (Lipinski definition) is 3. The lowest BCUT2D eigenvalue weighted by atomic mass is 10.1. The number of aromatic hydroxyl groups is 1. The number of fused-ring (bicyclic) bond motifs is 1. The van der Waals surface area contributed by atoms with Gasteiger partial charge in [0.25, 0.3) is 5.91 Å². The molecule has 0 aliphatic heterocycles. The van der Waals surface area contributed by atoms with Gasteiger partial charge in [0.05, 0.1) is 12.1 Å². The number of rotatable bonds is 4. The highest BCUT2D eigenvalue weighted by Crippen LogP contribution is 2.41. The van der Waals surface area contributed by atoms with Crippen molar-refractivity contribution in [2.24, 2.45) is 10.2 Å². The summed E-state index contributed by atoms with van der Waals surface area (Å²) in [6, 6.07) is 9.71. The highest BCUT2D eigenvalue weighted by atomic mass is 79.9. The topological polar surface area (TPSA) is 89.8 Å². The zero-order chi connectivity index (χ0) is 18.8. The molecule has 0 saturated heterocycles. The number of amides is 1. The first kappa shape index (κ1) is 18.1. The Kier molecular flexibility index (Phi) is 5.08. The molecule has 2 aromatic carbocycles. The molecule has 1 aromatic heterocycles. The molecule has 3 aromatic rings. The number of H-pyrrole nitrogens is 1. The van der Waals surface area contributed by atoms with Crippen LogP contribution in [0.25, 0.3) is 10.9 Å². The van der Waals surface area contributed by atoms with Gasteiger partial charge in [-0.2, -0.15) is 0 Å². The second-order valence-electron chi connectivity index (χ2n) is 6.21. The van der Waals surface area contributed by atoms with E-state index in [1.807, 2.05) is 51.1 Å². The molecule has 6 nitrogen and oxygen atoms in total. The van der Waals surface area contributed by atoms with Crippen LogP contribution in [0.1, 0.15) is 16.7 Å². The predicted molar refractivity (Wildman–Crippen MR) is 106 cm³/mol. The molecule has 3 N–H and O–H groups in total. The highest BCUT2D eigenvalue weighted by molar-refractivity contribution is 9.10. The molecule has 0 fully saturated rings. The van der Waals surface area contributed by atoms with Gasteiger partial charge in [0.1, 0.15) is 0 Å². The van der Waals surface area contributed by atoms with Gasteiger partial charge in [0, 0.05) is 15.5 Å². The summed E-state index contributed by atoms with van der Waals surface area (Å²) >= 11 is 3.50. The molecule has 0 atom stereocenters. The maximum Gasteiger partial charge on any atom is 0.283 e. The van der Waals surface area contributed by atoms with Crippen LogP contribution in [0, 0.1) is 20.8 Å². The number of aromatic amines is 1. The Morgan fingerprint density at radius 3 is 2.69 bits per heavy atom. The Labute approximate surface area is 159 Å². The highest BCUT2D eigenvalue weighted by Gasteiger charge is 2.15. The quantitative estimate of drug-likeness (QED) is 0.506. The lowest BCUT2D eigenvalue weighted by Gasteiger charge is -2.07. The van der Waals surface area contributed by atoms with Crippen molar-refractivity contribution in [3.05, 3.63) is 51.5 Å². The van der Waals surface area contributed by atoms with Gasteiger partial charge in [-0.05, 0) is 60.0 Å². The zero-order valence-corrected chi connectivity index (χ0v) is 16.3. The van der Waals surface area contributed by atoms with E-state index in [0.717, 1.165) is 32.4 Å². The van der Waals surface area contributed by atoms with E-state index in [4.69, 9.17) is 0 Å². The number of nitrogens with zero attached hydrogens (tertiary/aromatic N) is 2. The molecule has 7 heteroatoms. The Morgan fingerprint density at radius 2 is 1.96 bits per heavy atom. The van der Waals surface area contributed by atoms with Gasteiger partial charge >= 0.3 is 0 Å². The third-order valence-corrected chi connectivity index (χ3v) is 5.14. The van der Waals surface area contributed by atoms with Gasteiger partial charge in [-0.3, -0.25) is 4.79 Å². The summed E-state index contributed by atoms with van der Waals surface area (Å²) in [5.74, 6) is -0.548. The van der Waals surface area contributed by atoms with Gasteiger partial charge in [0.15, 0.2) is 5.69 Å². The van der Waals surface area contributed by atoms with Gasteiger partial charge in [-0.15, -0.1) is 10.2 Å². The fraction of sp³-hybridized carbons (Fsp3) is 0.211. The van der Waals surface area contributed by atoms with E-state index in [9.17, 15) is 9.90 Å². The van der Waals surface area contributed by atoms with Crippen LogP contribution in [0.4, 0.5) is 11.4 Å². The molecular weight excluding hydrogens is 396 g/mol. The van der Waals surface area contributed by atoms with Gasteiger partial charge in [0.2, 0.25) is 5.88 Å². The average molecular weight is 415 g/mol. The molecule has 1 heterocycles. The molecule has 1 amide bonds. The summed E-state index contributed by atoms with van der Waals surface area (Å²) in [6.07, 6.45) is 0. The number of azo groups is 1. The summed E-state index contributed by atoms with van der Waals surface area (Å²) in [5, 5.41) is 21.5. The Bertz CT molecular complexity index is 1020. The summed E-state index contributed by atoms with van der Waals surface area (Å²) in [7, 11) is 0. The standard InChI is InChI=1S/C19H19BrN4O2/c1-10-4-6-13(12(3)8-10)21-9-15(25)23-24-18-16-14(22-19(18)26)7-5-11(2)17(16)20/h4-8,21-22,26H,9H2,1-3H3.